The van der Waals surface area contributed by atoms with Crippen molar-refractivity contribution in [1.29, 1.82) is 0 Å². The summed E-state index contributed by atoms with van der Waals surface area (Å²) in [5.41, 5.74) is -0.0699. The molecule has 0 unspecified atom stereocenters. The molecule has 1 saturated heterocycles. The van der Waals surface area contributed by atoms with Crippen LogP contribution in [0.2, 0.25) is 0 Å². The van der Waals surface area contributed by atoms with Gasteiger partial charge in [-0.2, -0.15) is 0 Å². The number of amides is 1. The summed E-state index contributed by atoms with van der Waals surface area (Å²) in [6, 6.07) is 3.61. The van der Waals surface area contributed by atoms with Crippen LogP contribution in [0.15, 0.2) is 18.3 Å². The van der Waals surface area contributed by atoms with E-state index in [-0.39, 0.29) is 18.1 Å². The molecular formula is C19H29N3O4. The van der Waals surface area contributed by atoms with Crippen molar-refractivity contribution < 1.29 is 19.1 Å². The number of hydrogen-bond acceptors (Lipinski definition) is 6. The molecule has 2 rings (SSSR count). The summed E-state index contributed by atoms with van der Waals surface area (Å²) in [6.07, 6.45) is 3.11. The van der Waals surface area contributed by atoms with Crippen molar-refractivity contribution in [3.8, 4) is 0 Å². The Morgan fingerprint density at radius 3 is 2.65 bits per heavy atom. The van der Waals surface area contributed by atoms with Gasteiger partial charge in [-0.05, 0) is 52.7 Å². The minimum Gasteiger partial charge on any atom is -0.462 e. The van der Waals surface area contributed by atoms with Crippen molar-refractivity contribution in [2.24, 2.45) is 0 Å². The molecule has 0 saturated carbocycles. The molecule has 7 heteroatoms. The van der Waals surface area contributed by atoms with Gasteiger partial charge in [0, 0.05) is 26.3 Å². The largest absolute Gasteiger partial charge is 0.462 e. The van der Waals surface area contributed by atoms with Gasteiger partial charge in [-0.1, -0.05) is 0 Å². The molecule has 1 aromatic rings. The van der Waals surface area contributed by atoms with Crippen molar-refractivity contribution >= 4 is 17.9 Å². The first-order chi connectivity index (χ1) is 12.2. The van der Waals surface area contributed by atoms with Gasteiger partial charge in [-0.3, -0.25) is 0 Å². The van der Waals surface area contributed by atoms with Gasteiger partial charge in [0.15, 0.2) is 0 Å². The highest BCUT2D eigenvalue weighted by molar-refractivity contribution is 5.89. The number of nitrogens with zero attached hydrogens (tertiary/aromatic N) is 3. The Morgan fingerprint density at radius 2 is 2.08 bits per heavy atom. The first kappa shape index (κ1) is 20.0. The van der Waals surface area contributed by atoms with E-state index in [1.807, 2.05) is 26.8 Å². The van der Waals surface area contributed by atoms with Crippen LogP contribution in [0.5, 0.6) is 0 Å². The maximum atomic E-state index is 12.3. The van der Waals surface area contributed by atoms with Gasteiger partial charge in [0.1, 0.15) is 11.4 Å². The molecule has 26 heavy (non-hydrogen) atoms. The van der Waals surface area contributed by atoms with Crippen molar-refractivity contribution in [2.75, 3.05) is 31.6 Å². The average Bonchev–Trinajstić information content (AvgIpc) is 2.60. The average molecular weight is 363 g/mol. The maximum Gasteiger partial charge on any atom is 0.410 e. The quantitative estimate of drug-likeness (QED) is 0.766. The van der Waals surface area contributed by atoms with Gasteiger partial charge in [-0.15, -0.1) is 0 Å². The standard InChI is InChI=1S/C19H29N3O4/c1-6-25-17(23)14-9-10-16(20-12-14)22-11-7-8-15(13-22)21(5)18(24)26-19(2,3)4/h9-10,12,15H,6-8,11,13H2,1-5H3/t15-/m0/s1. The molecule has 0 aliphatic carbocycles. The van der Waals surface area contributed by atoms with E-state index in [1.165, 1.54) is 6.20 Å². The summed E-state index contributed by atoms with van der Waals surface area (Å²) in [4.78, 5) is 32.2. The monoisotopic (exact) mass is 363 g/mol. The van der Waals surface area contributed by atoms with Crippen LogP contribution < -0.4 is 4.90 Å². The lowest BCUT2D eigenvalue weighted by atomic mass is 10.0. The van der Waals surface area contributed by atoms with Gasteiger partial charge in [0.2, 0.25) is 0 Å². The molecule has 0 radical (unpaired) electrons. The number of likely N-dealkylation sites (N-methyl/N-ethyl adjacent to an activating group) is 1. The highest BCUT2D eigenvalue weighted by Crippen LogP contribution is 2.22. The molecule has 1 aliphatic rings. The second kappa shape index (κ2) is 8.38. The van der Waals surface area contributed by atoms with E-state index < -0.39 is 5.60 Å². The zero-order chi connectivity index (χ0) is 19.3. The number of carbonyl (C=O) groups excluding carboxylic acids is 2. The fourth-order valence-electron chi connectivity index (χ4n) is 2.87. The lowest BCUT2D eigenvalue weighted by Crippen LogP contribution is -2.50. The molecular weight excluding hydrogens is 334 g/mol. The predicted octanol–water partition coefficient (Wildman–Crippen LogP) is 3.09. The molecule has 2 heterocycles. The zero-order valence-electron chi connectivity index (χ0n) is 16.3. The fraction of sp³-hybridized carbons (Fsp3) is 0.632. The summed E-state index contributed by atoms with van der Waals surface area (Å²) in [7, 11) is 1.78. The van der Waals surface area contributed by atoms with E-state index in [0.717, 1.165) is 25.2 Å². The molecule has 1 aliphatic heterocycles. The number of piperidine rings is 1. The molecule has 0 bridgehead atoms. The van der Waals surface area contributed by atoms with E-state index in [4.69, 9.17) is 9.47 Å². The highest BCUT2D eigenvalue weighted by Gasteiger charge is 2.29. The van der Waals surface area contributed by atoms with Gasteiger partial charge in [0.25, 0.3) is 0 Å². The molecule has 0 N–H and O–H groups in total. The van der Waals surface area contributed by atoms with Crippen LogP contribution in [0.3, 0.4) is 0 Å². The third-order valence-electron chi connectivity index (χ3n) is 4.21. The van der Waals surface area contributed by atoms with Crippen LogP contribution in [-0.2, 0) is 9.47 Å². The van der Waals surface area contributed by atoms with Crippen molar-refractivity contribution in [2.45, 2.75) is 52.2 Å². The molecule has 0 spiro atoms. The number of pyridine rings is 1. The van der Waals surface area contributed by atoms with E-state index >= 15 is 0 Å². The number of aromatic nitrogens is 1. The Morgan fingerprint density at radius 1 is 1.35 bits per heavy atom. The summed E-state index contributed by atoms with van der Waals surface area (Å²) in [6.45, 7) is 9.24. The minimum absolute atomic E-state index is 0.0603. The van der Waals surface area contributed by atoms with Gasteiger partial charge < -0.3 is 19.3 Å². The van der Waals surface area contributed by atoms with Crippen LogP contribution in [-0.4, -0.2) is 60.3 Å². The van der Waals surface area contributed by atoms with Crippen LogP contribution in [0.25, 0.3) is 0 Å². The van der Waals surface area contributed by atoms with E-state index in [9.17, 15) is 9.59 Å². The Balaban J connectivity index is 2.01. The van der Waals surface area contributed by atoms with Crippen LogP contribution in [0, 0.1) is 0 Å². The van der Waals surface area contributed by atoms with Crippen molar-refractivity contribution in [3.63, 3.8) is 0 Å². The molecule has 144 valence electrons. The number of ether oxygens (including phenoxy) is 2. The molecule has 1 aromatic heterocycles. The van der Waals surface area contributed by atoms with E-state index in [0.29, 0.717) is 18.7 Å². The van der Waals surface area contributed by atoms with Crippen LogP contribution in [0.4, 0.5) is 10.6 Å². The first-order valence-electron chi connectivity index (χ1n) is 9.05. The molecule has 1 atom stereocenters. The number of esters is 1. The van der Waals surface area contributed by atoms with Crippen molar-refractivity contribution in [1.82, 2.24) is 9.88 Å². The lowest BCUT2D eigenvalue weighted by Gasteiger charge is -2.38. The topological polar surface area (TPSA) is 72.0 Å². The van der Waals surface area contributed by atoms with Crippen LogP contribution >= 0.6 is 0 Å². The number of rotatable bonds is 4. The Hall–Kier alpha value is -2.31. The van der Waals surface area contributed by atoms with E-state index in [2.05, 4.69) is 9.88 Å². The third kappa shape index (κ3) is 5.34. The number of carbonyl (C=O) groups is 2. The second-order valence-electron chi connectivity index (χ2n) is 7.46. The molecule has 0 aromatic carbocycles. The number of hydrogen-bond donors (Lipinski definition) is 0. The second-order valence-corrected chi connectivity index (χ2v) is 7.46. The molecule has 7 nitrogen and oxygen atoms in total. The predicted molar refractivity (Wildman–Crippen MR) is 99.4 cm³/mol. The Kier molecular flexibility index (Phi) is 6.45. The Bertz CT molecular complexity index is 625. The highest BCUT2D eigenvalue weighted by atomic mass is 16.6. The summed E-state index contributed by atoms with van der Waals surface area (Å²) in [5, 5.41) is 0. The maximum absolute atomic E-state index is 12.3. The minimum atomic E-state index is -0.510. The van der Waals surface area contributed by atoms with Gasteiger partial charge in [-0.25, -0.2) is 14.6 Å². The van der Waals surface area contributed by atoms with Crippen LogP contribution in [0.1, 0.15) is 50.9 Å². The summed E-state index contributed by atoms with van der Waals surface area (Å²) < 4.78 is 10.4. The third-order valence-corrected chi connectivity index (χ3v) is 4.21. The van der Waals surface area contributed by atoms with Gasteiger partial charge in [0.05, 0.1) is 18.2 Å². The van der Waals surface area contributed by atoms with E-state index in [1.54, 1.807) is 24.9 Å². The fourth-order valence-corrected chi connectivity index (χ4v) is 2.87. The molecule has 1 fully saturated rings. The smallest absolute Gasteiger partial charge is 0.410 e. The lowest BCUT2D eigenvalue weighted by molar-refractivity contribution is 0.0209. The van der Waals surface area contributed by atoms with Gasteiger partial charge >= 0.3 is 12.1 Å². The Labute approximate surface area is 155 Å². The SMILES string of the molecule is CCOC(=O)c1ccc(N2CCC[C@H](N(C)C(=O)OC(C)(C)C)C2)nc1. The molecule has 1 amide bonds. The summed E-state index contributed by atoms with van der Waals surface area (Å²) in [5.74, 6) is 0.424. The number of anilines is 1. The zero-order valence-corrected chi connectivity index (χ0v) is 16.3. The summed E-state index contributed by atoms with van der Waals surface area (Å²) >= 11 is 0. The van der Waals surface area contributed by atoms with Crippen molar-refractivity contribution in [3.05, 3.63) is 23.9 Å². The first-order valence-corrected chi connectivity index (χ1v) is 9.05. The normalized spacial score (nSPS) is 17.6.